The molecule has 6 heteroatoms. The number of Topliss-reactive ketones (excluding diaryl/α,β-unsaturated/α-hetero) is 1. The fourth-order valence-electron chi connectivity index (χ4n) is 2.50. The Morgan fingerprint density at radius 1 is 1.33 bits per heavy atom. The molecule has 1 aromatic heterocycles. The molecule has 0 N–H and O–H groups in total. The van der Waals surface area contributed by atoms with Gasteiger partial charge in [-0.15, -0.1) is 0 Å². The molecule has 1 aliphatic heterocycles. The van der Waals surface area contributed by atoms with Gasteiger partial charge in [-0.3, -0.25) is 9.69 Å². The van der Waals surface area contributed by atoms with Crippen LogP contribution in [0.5, 0.6) is 0 Å². The molecule has 21 heavy (non-hydrogen) atoms. The van der Waals surface area contributed by atoms with Crippen molar-refractivity contribution in [2.24, 2.45) is 5.92 Å². The van der Waals surface area contributed by atoms with Crippen molar-refractivity contribution in [1.29, 1.82) is 0 Å². The van der Waals surface area contributed by atoms with Gasteiger partial charge in [-0.05, 0) is 12.0 Å². The highest BCUT2D eigenvalue weighted by Gasteiger charge is 2.19. The lowest BCUT2D eigenvalue weighted by Gasteiger charge is -2.36. The Morgan fingerprint density at radius 3 is 2.67 bits per heavy atom. The van der Waals surface area contributed by atoms with Crippen molar-refractivity contribution in [1.82, 2.24) is 14.9 Å². The van der Waals surface area contributed by atoms with Crippen molar-refractivity contribution < 1.29 is 9.59 Å². The first-order chi connectivity index (χ1) is 10.1. The Hall–Kier alpha value is -1.82. The van der Waals surface area contributed by atoms with Crippen molar-refractivity contribution in [3.05, 3.63) is 18.1 Å². The summed E-state index contributed by atoms with van der Waals surface area (Å²) in [5.74, 6) is 1.24. The second kappa shape index (κ2) is 7.26. The zero-order valence-corrected chi connectivity index (χ0v) is 12.7. The molecule has 0 amide bonds. The molecule has 0 saturated carbocycles. The number of hydrogen-bond acceptors (Lipinski definition) is 6. The number of hydrogen-bond donors (Lipinski definition) is 0. The zero-order valence-electron chi connectivity index (χ0n) is 12.7. The van der Waals surface area contributed by atoms with Gasteiger partial charge >= 0.3 is 0 Å². The predicted molar refractivity (Wildman–Crippen MR) is 80.5 cm³/mol. The van der Waals surface area contributed by atoms with Gasteiger partial charge in [0.15, 0.2) is 5.82 Å². The minimum absolute atomic E-state index is 0.129. The third-order valence-electron chi connectivity index (χ3n) is 3.48. The summed E-state index contributed by atoms with van der Waals surface area (Å²) in [6.45, 7) is 9.35. The molecule has 0 aromatic carbocycles. The highest BCUT2D eigenvalue weighted by atomic mass is 16.1. The number of anilines is 1. The minimum atomic E-state index is -0.328. The Kier molecular flexibility index (Phi) is 5.38. The van der Waals surface area contributed by atoms with Crippen LogP contribution >= 0.6 is 0 Å². The van der Waals surface area contributed by atoms with Crippen molar-refractivity contribution in [3.63, 3.8) is 0 Å². The lowest BCUT2D eigenvalue weighted by atomic mass is 10.2. The molecule has 0 radical (unpaired) electrons. The molecular weight excluding hydrogens is 268 g/mol. The monoisotopic (exact) mass is 290 g/mol. The molecule has 114 valence electrons. The van der Waals surface area contributed by atoms with E-state index in [4.69, 9.17) is 0 Å². The number of aldehydes is 1. The predicted octanol–water partition coefficient (Wildman–Crippen LogP) is 1.03. The van der Waals surface area contributed by atoms with Gasteiger partial charge in [0.2, 0.25) is 5.78 Å². The van der Waals surface area contributed by atoms with Crippen molar-refractivity contribution in [2.75, 3.05) is 37.6 Å². The fraction of sp³-hybridized carbons (Fsp3) is 0.600. The maximum absolute atomic E-state index is 11.7. The smallest absolute Gasteiger partial charge is 0.207 e. The summed E-state index contributed by atoms with van der Waals surface area (Å²) in [5.41, 5.74) is 0. The first kappa shape index (κ1) is 15.6. The zero-order chi connectivity index (χ0) is 15.2. The van der Waals surface area contributed by atoms with E-state index in [0.717, 1.165) is 38.5 Å². The molecule has 1 saturated heterocycles. The van der Waals surface area contributed by atoms with Crippen LogP contribution in [0.1, 0.15) is 30.9 Å². The van der Waals surface area contributed by atoms with E-state index in [1.807, 2.05) is 6.07 Å². The SMILES string of the molecule is CC(C)CN1CCN(c2ccnc(C(=O)CC=O)n2)CC1. The summed E-state index contributed by atoms with van der Waals surface area (Å²) in [6, 6.07) is 1.82. The summed E-state index contributed by atoms with van der Waals surface area (Å²) in [5, 5.41) is 0. The summed E-state index contributed by atoms with van der Waals surface area (Å²) in [6.07, 6.45) is 2.01. The van der Waals surface area contributed by atoms with E-state index < -0.39 is 0 Å². The maximum atomic E-state index is 11.7. The Balaban J connectivity index is 1.98. The van der Waals surface area contributed by atoms with E-state index in [0.29, 0.717) is 12.2 Å². The Morgan fingerprint density at radius 2 is 2.05 bits per heavy atom. The number of carbonyl (C=O) groups is 2. The van der Waals surface area contributed by atoms with Gasteiger partial charge in [0.25, 0.3) is 0 Å². The summed E-state index contributed by atoms with van der Waals surface area (Å²) < 4.78 is 0. The molecule has 0 aliphatic carbocycles. The maximum Gasteiger partial charge on any atom is 0.207 e. The highest BCUT2D eigenvalue weighted by molar-refractivity contribution is 6.00. The van der Waals surface area contributed by atoms with Crippen LogP contribution in [-0.2, 0) is 4.79 Å². The normalized spacial score (nSPS) is 16.2. The Bertz CT molecular complexity index is 496. The molecule has 2 rings (SSSR count). The lowest BCUT2D eigenvalue weighted by molar-refractivity contribution is -0.107. The van der Waals surface area contributed by atoms with Gasteiger partial charge < -0.3 is 9.69 Å². The third-order valence-corrected chi connectivity index (χ3v) is 3.48. The molecule has 6 nitrogen and oxygen atoms in total. The van der Waals surface area contributed by atoms with Crippen LogP contribution in [0.25, 0.3) is 0 Å². The van der Waals surface area contributed by atoms with E-state index in [-0.39, 0.29) is 18.0 Å². The first-order valence-corrected chi connectivity index (χ1v) is 7.37. The fourth-order valence-corrected chi connectivity index (χ4v) is 2.50. The van der Waals surface area contributed by atoms with Crippen LogP contribution in [0.15, 0.2) is 12.3 Å². The number of carbonyl (C=O) groups excluding carboxylic acids is 2. The van der Waals surface area contributed by atoms with Crippen LogP contribution < -0.4 is 4.90 Å². The largest absolute Gasteiger partial charge is 0.354 e. The van der Waals surface area contributed by atoms with Gasteiger partial charge in [0.05, 0.1) is 6.42 Å². The second-order valence-corrected chi connectivity index (χ2v) is 5.71. The quantitative estimate of drug-likeness (QED) is 0.443. The molecule has 1 fully saturated rings. The topological polar surface area (TPSA) is 66.4 Å². The first-order valence-electron chi connectivity index (χ1n) is 7.37. The molecule has 0 spiro atoms. The van der Waals surface area contributed by atoms with Crippen LogP contribution in [0.4, 0.5) is 5.82 Å². The number of nitrogens with zero attached hydrogens (tertiary/aromatic N) is 4. The number of ketones is 1. The van der Waals surface area contributed by atoms with E-state index in [9.17, 15) is 9.59 Å². The molecule has 1 aromatic rings. The average Bonchev–Trinajstić information content (AvgIpc) is 2.48. The van der Waals surface area contributed by atoms with Crippen LogP contribution in [0.3, 0.4) is 0 Å². The van der Waals surface area contributed by atoms with Gasteiger partial charge in [0.1, 0.15) is 12.1 Å². The average molecular weight is 290 g/mol. The standard InChI is InChI=1S/C15H22N4O2/c1-12(2)11-18-6-8-19(9-7-18)14-3-5-16-15(17-14)13(21)4-10-20/h3,5,10,12H,4,6-9,11H2,1-2H3. The van der Waals surface area contributed by atoms with Crippen molar-refractivity contribution in [3.8, 4) is 0 Å². The van der Waals surface area contributed by atoms with Crippen LogP contribution in [-0.4, -0.2) is 59.7 Å². The van der Waals surface area contributed by atoms with Crippen molar-refractivity contribution >= 4 is 17.9 Å². The summed E-state index contributed by atoms with van der Waals surface area (Å²) in [7, 11) is 0. The van der Waals surface area contributed by atoms with E-state index >= 15 is 0 Å². The molecule has 2 heterocycles. The van der Waals surface area contributed by atoms with E-state index in [2.05, 4.69) is 33.6 Å². The van der Waals surface area contributed by atoms with Crippen molar-refractivity contribution in [2.45, 2.75) is 20.3 Å². The van der Waals surface area contributed by atoms with E-state index in [1.165, 1.54) is 0 Å². The Labute approximate surface area is 125 Å². The molecule has 0 atom stereocenters. The van der Waals surface area contributed by atoms with E-state index in [1.54, 1.807) is 6.20 Å². The molecule has 0 bridgehead atoms. The number of piperazine rings is 1. The van der Waals surface area contributed by atoms with Gasteiger partial charge in [-0.25, -0.2) is 9.97 Å². The van der Waals surface area contributed by atoms with Crippen LogP contribution in [0.2, 0.25) is 0 Å². The number of rotatable bonds is 6. The molecular formula is C15H22N4O2. The summed E-state index contributed by atoms with van der Waals surface area (Å²) in [4.78, 5) is 34.9. The number of aromatic nitrogens is 2. The highest BCUT2D eigenvalue weighted by Crippen LogP contribution is 2.14. The third kappa shape index (κ3) is 4.32. The van der Waals surface area contributed by atoms with Crippen LogP contribution in [0, 0.1) is 5.92 Å². The second-order valence-electron chi connectivity index (χ2n) is 5.71. The minimum Gasteiger partial charge on any atom is -0.354 e. The van der Waals surface area contributed by atoms with Gasteiger partial charge in [-0.1, -0.05) is 13.8 Å². The van der Waals surface area contributed by atoms with Gasteiger partial charge in [-0.2, -0.15) is 0 Å². The lowest BCUT2D eigenvalue weighted by Crippen LogP contribution is -2.47. The van der Waals surface area contributed by atoms with Gasteiger partial charge in [0, 0.05) is 38.9 Å². The molecule has 0 unspecified atom stereocenters. The molecule has 1 aliphatic rings. The summed E-state index contributed by atoms with van der Waals surface area (Å²) >= 11 is 0.